The van der Waals surface area contributed by atoms with Crippen LogP contribution in [0.25, 0.3) is 0 Å². The number of hydrogen-bond acceptors (Lipinski definition) is 11. The fourth-order valence-corrected chi connectivity index (χ4v) is 8.48. The summed E-state index contributed by atoms with van der Waals surface area (Å²) in [6, 6.07) is 0. The Morgan fingerprint density at radius 2 is 0.905 bits per heavy atom. The van der Waals surface area contributed by atoms with Crippen molar-refractivity contribution in [1.82, 2.24) is 0 Å². The summed E-state index contributed by atoms with van der Waals surface area (Å²) < 4.78 is 54.2. The van der Waals surface area contributed by atoms with Gasteiger partial charge in [-0.15, -0.1) is 0 Å². The van der Waals surface area contributed by atoms with Gasteiger partial charge in [0.15, 0.2) is 12.4 Å². The molecule has 0 amide bonds. The third-order valence-corrected chi connectivity index (χ3v) is 12.5. The Hall–Kier alpha value is -1.87. The van der Waals surface area contributed by atoms with E-state index in [9.17, 15) is 37.9 Å². The standard InChI is InChI=1S/C50H92O12S/c1-3-5-7-9-11-13-15-17-19-21-22-23-25-27-29-31-33-35-37-39-46(52)61-43(41-60-50-49(55)48(54)47(53)44(62-50)42-63(56,57)58)40-59-45(51)38-36-34-32-30-28-26-24-20-18-16-14-12-10-8-6-4-2/h17,19-20,24,43-44,47-50,53-55H,3-16,18,21-23,25-42H2,1-2H3,(H,56,57,58)/b19-17-,24-20-. The highest BCUT2D eigenvalue weighted by Gasteiger charge is 2.46. The summed E-state index contributed by atoms with van der Waals surface area (Å²) in [5.41, 5.74) is 0. The Morgan fingerprint density at radius 3 is 1.32 bits per heavy atom. The first-order valence-corrected chi connectivity index (χ1v) is 27.0. The van der Waals surface area contributed by atoms with Crippen molar-refractivity contribution < 1.29 is 56.8 Å². The largest absolute Gasteiger partial charge is 0.462 e. The number of aliphatic hydroxyl groups excluding tert-OH is 3. The number of rotatable bonds is 43. The first-order chi connectivity index (χ1) is 30.5. The summed E-state index contributed by atoms with van der Waals surface area (Å²) in [5, 5.41) is 31.0. The van der Waals surface area contributed by atoms with Gasteiger partial charge in [-0.2, -0.15) is 8.42 Å². The fraction of sp³-hybridized carbons (Fsp3) is 0.880. The quantitative estimate of drug-likeness (QED) is 0.0197. The lowest BCUT2D eigenvalue weighted by Gasteiger charge is -2.40. The number of hydrogen-bond donors (Lipinski definition) is 4. The van der Waals surface area contributed by atoms with Crippen LogP contribution < -0.4 is 0 Å². The highest BCUT2D eigenvalue weighted by Crippen LogP contribution is 2.24. The molecular formula is C50H92O12S. The zero-order chi connectivity index (χ0) is 46.2. The van der Waals surface area contributed by atoms with Gasteiger partial charge >= 0.3 is 11.9 Å². The van der Waals surface area contributed by atoms with Crippen molar-refractivity contribution in [1.29, 1.82) is 0 Å². The highest BCUT2D eigenvalue weighted by atomic mass is 32.2. The topological polar surface area (TPSA) is 186 Å². The minimum absolute atomic E-state index is 0.162. The minimum Gasteiger partial charge on any atom is -0.462 e. The number of ether oxygens (including phenoxy) is 4. The molecule has 6 atom stereocenters. The lowest BCUT2D eigenvalue weighted by atomic mass is 10.00. The molecule has 4 N–H and O–H groups in total. The van der Waals surface area contributed by atoms with Crippen LogP contribution in [0.5, 0.6) is 0 Å². The van der Waals surface area contributed by atoms with Crippen LogP contribution in [0.3, 0.4) is 0 Å². The van der Waals surface area contributed by atoms with E-state index in [1.165, 1.54) is 128 Å². The summed E-state index contributed by atoms with van der Waals surface area (Å²) in [5.74, 6) is -1.99. The first kappa shape index (κ1) is 59.1. The average molecular weight is 917 g/mol. The molecule has 0 saturated carbocycles. The second-order valence-electron chi connectivity index (χ2n) is 17.8. The molecule has 1 heterocycles. The second-order valence-corrected chi connectivity index (χ2v) is 19.3. The van der Waals surface area contributed by atoms with Gasteiger partial charge in [-0.3, -0.25) is 14.1 Å². The summed E-state index contributed by atoms with van der Waals surface area (Å²) in [6.45, 7) is 3.77. The van der Waals surface area contributed by atoms with E-state index in [1.807, 2.05) is 0 Å². The van der Waals surface area contributed by atoms with Crippen molar-refractivity contribution in [3.05, 3.63) is 24.3 Å². The van der Waals surface area contributed by atoms with Crippen LogP contribution in [-0.2, 0) is 38.7 Å². The third-order valence-electron chi connectivity index (χ3n) is 11.8. The van der Waals surface area contributed by atoms with Crippen LogP contribution in [0.4, 0.5) is 0 Å². The summed E-state index contributed by atoms with van der Waals surface area (Å²) in [7, 11) is -4.60. The van der Waals surface area contributed by atoms with Gasteiger partial charge < -0.3 is 34.3 Å². The molecule has 1 saturated heterocycles. The van der Waals surface area contributed by atoms with Gasteiger partial charge in [0.05, 0.1) is 6.61 Å². The van der Waals surface area contributed by atoms with Crippen molar-refractivity contribution >= 4 is 22.1 Å². The molecule has 0 aromatic rings. The predicted molar refractivity (Wildman–Crippen MR) is 252 cm³/mol. The lowest BCUT2D eigenvalue weighted by molar-refractivity contribution is -0.297. The number of carbonyl (C=O) groups excluding carboxylic acids is 2. The number of unbranched alkanes of at least 4 members (excludes halogenated alkanes) is 27. The number of esters is 2. The Labute approximate surface area is 383 Å². The van der Waals surface area contributed by atoms with Crippen molar-refractivity contribution in [3.8, 4) is 0 Å². The molecule has 1 aliphatic rings. The normalized spacial score (nSPS) is 19.9. The first-order valence-electron chi connectivity index (χ1n) is 25.4. The van der Waals surface area contributed by atoms with E-state index in [0.29, 0.717) is 12.8 Å². The van der Waals surface area contributed by atoms with Gasteiger partial charge in [0.2, 0.25) is 0 Å². The van der Waals surface area contributed by atoms with E-state index >= 15 is 0 Å². The summed E-state index contributed by atoms with van der Waals surface area (Å²) in [6.07, 6.45) is 36.4. The van der Waals surface area contributed by atoms with Gasteiger partial charge in [-0.05, 0) is 64.2 Å². The maximum absolute atomic E-state index is 12.9. The van der Waals surface area contributed by atoms with Crippen LogP contribution in [0, 0.1) is 0 Å². The van der Waals surface area contributed by atoms with Crippen LogP contribution in [0.2, 0.25) is 0 Å². The molecule has 1 aliphatic heterocycles. The molecule has 12 nitrogen and oxygen atoms in total. The van der Waals surface area contributed by atoms with Crippen molar-refractivity contribution in [3.63, 3.8) is 0 Å². The van der Waals surface area contributed by atoms with Crippen LogP contribution in [0.15, 0.2) is 24.3 Å². The molecule has 13 heteroatoms. The Balaban J connectivity index is 2.39. The third kappa shape index (κ3) is 35.1. The summed E-state index contributed by atoms with van der Waals surface area (Å²) in [4.78, 5) is 25.5. The Bertz CT molecular complexity index is 1260. The number of carbonyl (C=O) groups is 2. The molecule has 370 valence electrons. The molecule has 0 aromatic carbocycles. The van der Waals surface area contributed by atoms with Crippen molar-refractivity contribution in [2.24, 2.45) is 0 Å². The molecule has 1 fully saturated rings. The van der Waals surface area contributed by atoms with E-state index in [-0.39, 0.29) is 19.4 Å². The van der Waals surface area contributed by atoms with Crippen molar-refractivity contribution in [2.45, 2.75) is 263 Å². The smallest absolute Gasteiger partial charge is 0.306 e. The molecule has 6 unspecified atom stereocenters. The lowest BCUT2D eigenvalue weighted by Crippen LogP contribution is -2.60. The fourth-order valence-electron chi connectivity index (χ4n) is 7.78. The second kappa shape index (κ2) is 40.4. The van der Waals surface area contributed by atoms with Gasteiger partial charge in [0.25, 0.3) is 10.1 Å². The van der Waals surface area contributed by atoms with Crippen molar-refractivity contribution in [2.75, 3.05) is 19.0 Å². The van der Waals surface area contributed by atoms with E-state index in [4.69, 9.17) is 18.9 Å². The Morgan fingerprint density at radius 1 is 0.524 bits per heavy atom. The van der Waals surface area contributed by atoms with Crippen LogP contribution in [0.1, 0.15) is 226 Å². The maximum atomic E-state index is 12.9. The molecule has 0 radical (unpaired) electrons. The monoisotopic (exact) mass is 917 g/mol. The van der Waals surface area contributed by atoms with Crippen LogP contribution in [-0.4, -0.2) is 96.0 Å². The summed E-state index contributed by atoms with van der Waals surface area (Å²) >= 11 is 0. The van der Waals surface area contributed by atoms with Gasteiger partial charge in [0, 0.05) is 12.8 Å². The molecule has 63 heavy (non-hydrogen) atoms. The van der Waals surface area contributed by atoms with Crippen LogP contribution >= 0.6 is 0 Å². The molecular weight excluding hydrogens is 825 g/mol. The van der Waals surface area contributed by atoms with E-state index in [0.717, 1.165) is 57.8 Å². The SMILES string of the molecule is CCCCCCCC/C=C\CCCCCCCCCCCC(=O)OC(COC(=O)CCCCCCC/C=C\CCCCCCCCC)COC1OC(CS(=O)(=O)O)C(O)C(O)C1O. The predicted octanol–water partition coefficient (Wildman–Crippen LogP) is 11.2. The van der Waals surface area contributed by atoms with E-state index < -0.39 is 71.2 Å². The molecule has 1 rings (SSSR count). The minimum atomic E-state index is -4.60. The number of allylic oxidation sites excluding steroid dienone is 4. The maximum Gasteiger partial charge on any atom is 0.306 e. The van der Waals surface area contributed by atoms with E-state index in [1.54, 1.807) is 0 Å². The zero-order valence-corrected chi connectivity index (χ0v) is 40.5. The highest BCUT2D eigenvalue weighted by molar-refractivity contribution is 7.85. The molecule has 0 spiro atoms. The zero-order valence-electron chi connectivity index (χ0n) is 39.7. The van der Waals surface area contributed by atoms with Gasteiger partial charge in [-0.25, -0.2) is 0 Å². The molecule has 0 bridgehead atoms. The van der Waals surface area contributed by atoms with E-state index in [2.05, 4.69) is 38.2 Å². The van der Waals surface area contributed by atoms with Gasteiger partial charge in [0.1, 0.15) is 36.8 Å². The number of aliphatic hydroxyl groups is 3. The molecule has 0 aromatic heterocycles. The Kier molecular flexibility index (Phi) is 37.9. The van der Waals surface area contributed by atoms with Gasteiger partial charge in [-0.1, -0.05) is 173 Å². The average Bonchev–Trinajstić information content (AvgIpc) is 3.25. The molecule has 0 aliphatic carbocycles.